The molecule has 4 rings (SSSR count). The van der Waals surface area contributed by atoms with Crippen LogP contribution in [0.2, 0.25) is 0 Å². The van der Waals surface area contributed by atoms with E-state index in [-0.39, 0.29) is 18.0 Å². The summed E-state index contributed by atoms with van der Waals surface area (Å²) < 4.78 is 53.0. The zero-order valence-corrected chi connectivity index (χ0v) is 20.2. The molecule has 0 aliphatic carbocycles. The van der Waals surface area contributed by atoms with Crippen LogP contribution in [-0.2, 0) is 9.53 Å². The van der Waals surface area contributed by atoms with Crippen LogP contribution in [0.3, 0.4) is 0 Å². The van der Waals surface area contributed by atoms with E-state index in [9.17, 15) is 23.1 Å². The van der Waals surface area contributed by atoms with E-state index < -0.39 is 35.6 Å². The van der Waals surface area contributed by atoms with E-state index in [1.54, 1.807) is 36.4 Å². The number of carbonyl (C=O) groups is 1. The van der Waals surface area contributed by atoms with E-state index in [0.717, 1.165) is 24.4 Å². The first-order valence-corrected chi connectivity index (χ1v) is 11.9. The summed E-state index contributed by atoms with van der Waals surface area (Å²) in [5.41, 5.74) is 1.09. The second-order valence-electron chi connectivity index (χ2n) is 8.73. The summed E-state index contributed by atoms with van der Waals surface area (Å²) in [6.07, 6.45) is 7.58. The highest BCUT2D eigenvalue weighted by molar-refractivity contribution is 5.89. The third kappa shape index (κ3) is 6.75. The average Bonchev–Trinajstić information content (AvgIpc) is 2.88. The maximum Gasteiger partial charge on any atom is 0.306 e. The number of methoxy groups -OCH3 is 1. The topological polar surface area (TPSA) is 80.7 Å². The van der Waals surface area contributed by atoms with Crippen molar-refractivity contribution >= 4 is 29.0 Å². The summed E-state index contributed by atoms with van der Waals surface area (Å²) in [6.45, 7) is 0.316. The van der Waals surface area contributed by atoms with Gasteiger partial charge < -0.3 is 19.9 Å². The Kier molecular flexibility index (Phi) is 8.58. The van der Waals surface area contributed by atoms with Gasteiger partial charge in [-0.05, 0) is 49.2 Å². The lowest BCUT2D eigenvalue weighted by atomic mass is 9.95. The molecule has 0 bridgehead atoms. The third-order valence-electron chi connectivity index (χ3n) is 6.24. The molecular formula is C28H27F3N2O4. The average molecular weight is 513 g/mol. The molecule has 0 amide bonds. The fourth-order valence-corrected chi connectivity index (χ4v) is 4.37. The number of ether oxygens (including phenoxy) is 2. The molecule has 0 saturated carbocycles. The quantitative estimate of drug-likeness (QED) is 0.402. The van der Waals surface area contributed by atoms with Gasteiger partial charge in [0.25, 0.3) is 0 Å². The zero-order valence-electron chi connectivity index (χ0n) is 20.2. The number of benzene rings is 2. The van der Waals surface area contributed by atoms with Crippen LogP contribution in [0.4, 0.5) is 13.2 Å². The SMILES string of the molecule is COc1ccc2ncc(F)c(/C=C/C3CCC(NC/C=C/c4cc(F)ccc4F)C(CC(=O)O)O3)c2c1. The standard InChI is InChI=1S/C28H27F3N2O4/c1-36-20-7-10-25-22(14-20)21(24(31)16-33-25)8-5-19-6-11-26(27(37-19)15-28(34)35)32-12-2-3-17-13-18(29)4-9-23(17)30/h2-5,7-10,13-14,16,19,26-27,32H,6,11-12,15H2,1H3,(H,34,35)/b3-2+,8-5+. The Hall–Kier alpha value is -3.69. The first-order valence-electron chi connectivity index (χ1n) is 11.9. The molecule has 1 aliphatic heterocycles. The number of pyridine rings is 1. The van der Waals surface area contributed by atoms with Crippen LogP contribution in [0, 0.1) is 17.5 Å². The number of aliphatic carboxylic acids is 1. The van der Waals surface area contributed by atoms with Gasteiger partial charge >= 0.3 is 5.97 Å². The number of rotatable bonds is 9. The van der Waals surface area contributed by atoms with Crippen molar-refractivity contribution in [3.05, 3.63) is 83.3 Å². The second kappa shape index (κ2) is 12.0. The summed E-state index contributed by atoms with van der Waals surface area (Å²) in [5, 5.41) is 13.2. The van der Waals surface area contributed by atoms with Crippen molar-refractivity contribution in [3.63, 3.8) is 0 Å². The van der Waals surface area contributed by atoms with E-state index in [0.29, 0.717) is 41.6 Å². The number of nitrogens with zero attached hydrogens (tertiary/aromatic N) is 1. The summed E-state index contributed by atoms with van der Waals surface area (Å²) in [5.74, 6) is -1.98. The van der Waals surface area contributed by atoms with Crippen molar-refractivity contribution in [2.75, 3.05) is 13.7 Å². The lowest BCUT2D eigenvalue weighted by molar-refractivity contribution is -0.143. The minimum atomic E-state index is -1.00. The molecule has 6 nitrogen and oxygen atoms in total. The minimum Gasteiger partial charge on any atom is -0.497 e. The number of aromatic nitrogens is 1. The summed E-state index contributed by atoms with van der Waals surface area (Å²) in [6, 6.07) is 8.16. The highest BCUT2D eigenvalue weighted by Gasteiger charge is 2.31. The predicted molar refractivity (Wildman–Crippen MR) is 135 cm³/mol. The molecule has 1 aromatic heterocycles. The molecule has 1 fully saturated rings. The van der Waals surface area contributed by atoms with Gasteiger partial charge in [0.2, 0.25) is 0 Å². The van der Waals surface area contributed by atoms with E-state index in [2.05, 4.69) is 10.3 Å². The minimum absolute atomic E-state index is 0.127. The molecular weight excluding hydrogens is 485 g/mol. The lowest BCUT2D eigenvalue weighted by Gasteiger charge is -2.35. The van der Waals surface area contributed by atoms with Crippen molar-refractivity contribution in [1.29, 1.82) is 0 Å². The summed E-state index contributed by atoms with van der Waals surface area (Å²) in [4.78, 5) is 15.6. The Labute approximate surface area is 212 Å². The molecule has 9 heteroatoms. The number of hydrogen-bond donors (Lipinski definition) is 2. The molecule has 194 valence electrons. The Bertz CT molecular complexity index is 1330. The van der Waals surface area contributed by atoms with Crippen molar-refractivity contribution in [2.45, 2.75) is 37.5 Å². The number of carboxylic acid groups (broad SMARTS) is 1. The Morgan fingerprint density at radius 3 is 2.78 bits per heavy atom. The maximum atomic E-state index is 14.6. The van der Waals surface area contributed by atoms with Crippen LogP contribution in [0.1, 0.15) is 30.4 Å². The first-order chi connectivity index (χ1) is 17.8. The van der Waals surface area contributed by atoms with Crippen molar-refractivity contribution in [3.8, 4) is 5.75 Å². The molecule has 37 heavy (non-hydrogen) atoms. The first kappa shape index (κ1) is 26.4. The molecule has 0 spiro atoms. The van der Waals surface area contributed by atoms with Gasteiger partial charge in [-0.2, -0.15) is 0 Å². The highest BCUT2D eigenvalue weighted by atomic mass is 19.1. The molecule has 2 heterocycles. The van der Waals surface area contributed by atoms with Gasteiger partial charge in [0.1, 0.15) is 23.2 Å². The number of halogens is 3. The number of carboxylic acids is 1. The smallest absolute Gasteiger partial charge is 0.306 e. The Balaban J connectivity index is 1.43. The van der Waals surface area contributed by atoms with Crippen LogP contribution >= 0.6 is 0 Å². The summed E-state index contributed by atoms with van der Waals surface area (Å²) >= 11 is 0. The van der Waals surface area contributed by atoms with Gasteiger partial charge in [0, 0.05) is 29.1 Å². The Morgan fingerprint density at radius 2 is 2.00 bits per heavy atom. The van der Waals surface area contributed by atoms with Crippen LogP contribution in [0.25, 0.3) is 23.1 Å². The fourth-order valence-electron chi connectivity index (χ4n) is 4.37. The molecule has 2 aromatic carbocycles. The molecule has 1 aliphatic rings. The van der Waals surface area contributed by atoms with Gasteiger partial charge in [0.05, 0.1) is 37.5 Å². The highest BCUT2D eigenvalue weighted by Crippen LogP contribution is 2.28. The van der Waals surface area contributed by atoms with Crippen LogP contribution < -0.4 is 10.1 Å². The third-order valence-corrected chi connectivity index (χ3v) is 6.24. The van der Waals surface area contributed by atoms with Crippen molar-refractivity contribution < 1.29 is 32.5 Å². The van der Waals surface area contributed by atoms with E-state index in [1.165, 1.54) is 13.2 Å². The second-order valence-corrected chi connectivity index (χ2v) is 8.73. The number of fused-ring (bicyclic) bond motifs is 1. The monoisotopic (exact) mass is 512 g/mol. The molecule has 3 atom stereocenters. The van der Waals surface area contributed by atoms with Crippen molar-refractivity contribution in [1.82, 2.24) is 10.3 Å². The summed E-state index contributed by atoms with van der Waals surface area (Å²) in [7, 11) is 1.53. The van der Waals surface area contributed by atoms with Crippen molar-refractivity contribution in [2.24, 2.45) is 0 Å². The molecule has 2 N–H and O–H groups in total. The molecule has 1 saturated heterocycles. The largest absolute Gasteiger partial charge is 0.497 e. The molecule has 3 unspecified atom stereocenters. The molecule has 0 radical (unpaired) electrons. The van der Waals surface area contributed by atoms with E-state index in [4.69, 9.17) is 9.47 Å². The van der Waals surface area contributed by atoms with Gasteiger partial charge in [-0.15, -0.1) is 0 Å². The normalized spacial score (nSPS) is 20.2. The van der Waals surface area contributed by atoms with Gasteiger partial charge in [-0.25, -0.2) is 13.2 Å². The van der Waals surface area contributed by atoms with Crippen LogP contribution in [0.5, 0.6) is 5.75 Å². The van der Waals surface area contributed by atoms with Gasteiger partial charge in [-0.3, -0.25) is 9.78 Å². The maximum absolute atomic E-state index is 14.6. The molecule has 3 aromatic rings. The van der Waals surface area contributed by atoms with Crippen LogP contribution in [0.15, 0.2) is 54.7 Å². The van der Waals surface area contributed by atoms with Crippen LogP contribution in [-0.4, -0.2) is 48.0 Å². The number of nitrogens with one attached hydrogen (secondary N) is 1. The van der Waals surface area contributed by atoms with E-state index >= 15 is 0 Å². The Morgan fingerprint density at radius 1 is 1.16 bits per heavy atom. The lowest BCUT2D eigenvalue weighted by Crippen LogP contribution is -2.47. The van der Waals surface area contributed by atoms with E-state index in [1.807, 2.05) is 0 Å². The zero-order chi connectivity index (χ0) is 26.4. The van der Waals surface area contributed by atoms with Gasteiger partial charge in [0.15, 0.2) is 0 Å². The number of hydrogen-bond acceptors (Lipinski definition) is 5. The fraction of sp³-hybridized carbons (Fsp3) is 0.286. The van der Waals surface area contributed by atoms with Gasteiger partial charge in [-0.1, -0.05) is 24.3 Å². The predicted octanol–water partition coefficient (Wildman–Crippen LogP) is 5.37.